The van der Waals surface area contributed by atoms with Crippen molar-refractivity contribution in [1.82, 2.24) is 10.5 Å². The van der Waals surface area contributed by atoms with E-state index in [1.807, 2.05) is 0 Å². The molecule has 0 radical (unpaired) electrons. The SMILES string of the molecule is Cc1noc(C)c1CC(=O)NC(c1cccc(F)c1F)C(F)(F)F. The van der Waals surface area contributed by atoms with Crippen molar-refractivity contribution >= 4 is 5.91 Å². The van der Waals surface area contributed by atoms with Gasteiger partial charge in [0.15, 0.2) is 17.7 Å². The van der Waals surface area contributed by atoms with Gasteiger partial charge in [-0.1, -0.05) is 17.3 Å². The molecule has 1 unspecified atom stereocenters. The maximum atomic E-state index is 13.7. The Morgan fingerprint density at radius 2 is 1.96 bits per heavy atom. The third-order valence-electron chi connectivity index (χ3n) is 3.44. The predicted octanol–water partition coefficient (Wildman–Crippen LogP) is 3.53. The summed E-state index contributed by atoms with van der Waals surface area (Å²) in [5, 5.41) is 5.29. The number of carbonyl (C=O) groups excluding carboxylic acids is 1. The highest BCUT2D eigenvalue weighted by molar-refractivity contribution is 5.79. The Hall–Kier alpha value is -2.45. The Morgan fingerprint density at radius 1 is 1.29 bits per heavy atom. The van der Waals surface area contributed by atoms with E-state index in [2.05, 4.69) is 5.16 Å². The van der Waals surface area contributed by atoms with Gasteiger partial charge in [-0.15, -0.1) is 0 Å². The second kappa shape index (κ2) is 6.58. The van der Waals surface area contributed by atoms with Crippen LogP contribution < -0.4 is 5.32 Å². The van der Waals surface area contributed by atoms with Crippen LogP contribution in [0.1, 0.15) is 28.6 Å². The Kier molecular flexibility index (Phi) is 4.91. The van der Waals surface area contributed by atoms with Gasteiger partial charge in [0.05, 0.1) is 12.1 Å². The molecule has 0 saturated heterocycles. The van der Waals surface area contributed by atoms with Crippen molar-refractivity contribution in [3.8, 4) is 0 Å². The zero-order valence-corrected chi connectivity index (χ0v) is 12.7. The van der Waals surface area contributed by atoms with E-state index >= 15 is 0 Å². The van der Waals surface area contributed by atoms with Crippen LogP contribution >= 0.6 is 0 Å². The Morgan fingerprint density at radius 3 is 2.50 bits per heavy atom. The number of aromatic nitrogens is 1. The van der Waals surface area contributed by atoms with E-state index in [0.29, 0.717) is 23.1 Å². The fraction of sp³-hybridized carbons (Fsp3) is 0.333. The summed E-state index contributed by atoms with van der Waals surface area (Å²) in [5.74, 6) is -3.81. The average molecular weight is 348 g/mol. The van der Waals surface area contributed by atoms with Gasteiger partial charge in [-0.05, 0) is 19.9 Å². The summed E-state index contributed by atoms with van der Waals surface area (Å²) >= 11 is 0. The van der Waals surface area contributed by atoms with Crippen molar-refractivity contribution in [1.29, 1.82) is 0 Å². The first kappa shape index (κ1) is 17.9. The van der Waals surface area contributed by atoms with Crippen molar-refractivity contribution in [3.63, 3.8) is 0 Å². The topological polar surface area (TPSA) is 55.1 Å². The molecular weight excluding hydrogens is 335 g/mol. The number of amides is 1. The van der Waals surface area contributed by atoms with Gasteiger partial charge in [-0.2, -0.15) is 13.2 Å². The number of aryl methyl sites for hydroxylation is 2. The minimum Gasteiger partial charge on any atom is -0.361 e. The normalized spacial score (nSPS) is 13.0. The molecule has 0 aliphatic carbocycles. The van der Waals surface area contributed by atoms with Crippen LogP contribution in [0.15, 0.2) is 22.7 Å². The lowest BCUT2D eigenvalue weighted by atomic mass is 10.0. The maximum absolute atomic E-state index is 13.7. The molecule has 2 aromatic rings. The fourth-order valence-electron chi connectivity index (χ4n) is 2.21. The van der Waals surface area contributed by atoms with Crippen molar-refractivity contribution in [2.75, 3.05) is 0 Å². The number of alkyl halides is 3. The summed E-state index contributed by atoms with van der Waals surface area (Å²) in [6.07, 6.45) is -5.42. The molecule has 9 heteroatoms. The zero-order valence-electron chi connectivity index (χ0n) is 12.7. The molecule has 1 aromatic heterocycles. The number of nitrogens with zero attached hydrogens (tertiary/aromatic N) is 1. The molecule has 0 aliphatic rings. The van der Waals surface area contributed by atoms with Crippen LogP contribution in [0, 0.1) is 25.5 Å². The summed E-state index contributed by atoms with van der Waals surface area (Å²) in [6.45, 7) is 3.04. The molecular formula is C15H13F5N2O2. The van der Waals surface area contributed by atoms with Gasteiger partial charge in [0.2, 0.25) is 5.91 Å². The molecule has 24 heavy (non-hydrogen) atoms. The molecule has 0 fully saturated rings. The quantitative estimate of drug-likeness (QED) is 0.860. The van der Waals surface area contributed by atoms with E-state index in [1.54, 1.807) is 5.32 Å². The van der Waals surface area contributed by atoms with Crippen LogP contribution in [0.3, 0.4) is 0 Å². The number of nitrogens with one attached hydrogen (secondary N) is 1. The molecule has 0 aliphatic heterocycles. The maximum Gasteiger partial charge on any atom is 0.412 e. The van der Waals surface area contributed by atoms with Crippen LogP contribution in [0.4, 0.5) is 22.0 Å². The summed E-state index contributed by atoms with van der Waals surface area (Å²) in [7, 11) is 0. The second-order valence-electron chi connectivity index (χ2n) is 5.16. The largest absolute Gasteiger partial charge is 0.412 e. The highest BCUT2D eigenvalue weighted by atomic mass is 19.4. The first-order chi connectivity index (χ1) is 11.1. The van der Waals surface area contributed by atoms with Crippen molar-refractivity contribution in [2.45, 2.75) is 32.5 Å². The minimum atomic E-state index is -5.00. The molecule has 130 valence electrons. The predicted molar refractivity (Wildman–Crippen MR) is 73.0 cm³/mol. The lowest BCUT2D eigenvalue weighted by Gasteiger charge is -2.22. The van der Waals surface area contributed by atoms with E-state index in [-0.39, 0.29) is 0 Å². The number of hydrogen-bond donors (Lipinski definition) is 1. The van der Waals surface area contributed by atoms with Crippen LogP contribution in [0.2, 0.25) is 0 Å². The molecule has 0 spiro atoms. The Balaban J connectivity index is 2.27. The van der Waals surface area contributed by atoms with E-state index in [0.717, 1.165) is 12.1 Å². The van der Waals surface area contributed by atoms with Gasteiger partial charge in [-0.3, -0.25) is 4.79 Å². The summed E-state index contributed by atoms with van der Waals surface area (Å²) in [4.78, 5) is 11.9. The fourth-order valence-corrected chi connectivity index (χ4v) is 2.21. The van der Waals surface area contributed by atoms with E-state index < -0.39 is 41.7 Å². The zero-order chi connectivity index (χ0) is 18.1. The lowest BCUT2D eigenvalue weighted by Crippen LogP contribution is -2.39. The molecule has 1 N–H and O–H groups in total. The minimum absolute atomic E-state index is 0.295. The number of hydrogen-bond acceptors (Lipinski definition) is 3. The Labute approximate surface area is 133 Å². The van der Waals surface area contributed by atoms with Crippen molar-refractivity contribution in [3.05, 3.63) is 52.4 Å². The summed E-state index contributed by atoms with van der Waals surface area (Å²) in [6, 6.07) is -0.265. The molecule has 1 heterocycles. The second-order valence-corrected chi connectivity index (χ2v) is 5.16. The first-order valence-electron chi connectivity index (χ1n) is 6.83. The lowest BCUT2D eigenvalue weighted by molar-refractivity contribution is -0.163. The molecule has 1 atom stereocenters. The van der Waals surface area contributed by atoms with Gasteiger partial charge in [0.1, 0.15) is 5.76 Å². The van der Waals surface area contributed by atoms with Gasteiger partial charge in [0.25, 0.3) is 0 Å². The smallest absolute Gasteiger partial charge is 0.361 e. The third-order valence-corrected chi connectivity index (χ3v) is 3.44. The van der Waals surface area contributed by atoms with E-state index in [1.165, 1.54) is 13.8 Å². The average Bonchev–Trinajstić information content (AvgIpc) is 2.79. The molecule has 4 nitrogen and oxygen atoms in total. The van der Waals surface area contributed by atoms with Crippen LogP contribution in [-0.4, -0.2) is 17.2 Å². The van der Waals surface area contributed by atoms with Crippen LogP contribution in [-0.2, 0) is 11.2 Å². The van der Waals surface area contributed by atoms with Crippen molar-refractivity contribution in [2.24, 2.45) is 0 Å². The van der Waals surface area contributed by atoms with Gasteiger partial charge >= 0.3 is 6.18 Å². The highest BCUT2D eigenvalue weighted by Crippen LogP contribution is 2.34. The van der Waals surface area contributed by atoms with Crippen molar-refractivity contribution < 1.29 is 31.3 Å². The monoisotopic (exact) mass is 348 g/mol. The highest BCUT2D eigenvalue weighted by Gasteiger charge is 2.43. The molecule has 0 saturated carbocycles. The summed E-state index contributed by atoms with van der Waals surface area (Å²) in [5.41, 5.74) is -0.286. The first-order valence-corrected chi connectivity index (χ1v) is 6.83. The van der Waals surface area contributed by atoms with Gasteiger partial charge < -0.3 is 9.84 Å². The van der Waals surface area contributed by atoms with Crippen LogP contribution in [0.5, 0.6) is 0 Å². The van der Waals surface area contributed by atoms with Gasteiger partial charge in [-0.25, -0.2) is 8.78 Å². The standard InChI is InChI=1S/C15H13F5N2O2/c1-7-10(8(2)24-22-7)6-12(23)21-14(15(18,19)20)9-4-3-5-11(16)13(9)17/h3-5,14H,6H2,1-2H3,(H,21,23). The van der Waals surface area contributed by atoms with E-state index in [9.17, 15) is 26.7 Å². The Bertz CT molecular complexity index is 735. The molecule has 0 bridgehead atoms. The molecule has 1 aromatic carbocycles. The van der Waals surface area contributed by atoms with E-state index in [4.69, 9.17) is 4.52 Å². The molecule has 2 rings (SSSR count). The number of benzene rings is 1. The van der Waals surface area contributed by atoms with Gasteiger partial charge in [0, 0.05) is 11.1 Å². The number of carbonyl (C=O) groups is 1. The third kappa shape index (κ3) is 3.72. The molecule has 1 amide bonds. The number of halogens is 5. The number of rotatable bonds is 4. The van der Waals surface area contributed by atoms with Crippen LogP contribution in [0.25, 0.3) is 0 Å². The summed E-state index contributed by atoms with van der Waals surface area (Å²) < 4.78 is 71.3.